The molecule has 1 atom stereocenters. The smallest absolute Gasteiger partial charge is 0.290 e. The van der Waals surface area contributed by atoms with E-state index in [1.165, 1.54) is 28.6 Å². The molecular formula is C35H34FN7O3. The van der Waals surface area contributed by atoms with Crippen LogP contribution in [0.2, 0.25) is 0 Å². The number of likely N-dealkylation sites (N-methyl/N-ethyl adjacent to an activating group) is 1. The van der Waals surface area contributed by atoms with Crippen LogP contribution in [-0.4, -0.2) is 49.5 Å². The molecule has 11 heteroatoms. The van der Waals surface area contributed by atoms with E-state index in [9.17, 15) is 20.0 Å². The van der Waals surface area contributed by atoms with Crippen molar-refractivity contribution in [3.05, 3.63) is 110 Å². The highest BCUT2D eigenvalue weighted by Gasteiger charge is 2.24. The van der Waals surface area contributed by atoms with E-state index in [4.69, 9.17) is 0 Å². The van der Waals surface area contributed by atoms with Crippen molar-refractivity contribution in [3.8, 4) is 23.0 Å². The van der Waals surface area contributed by atoms with Crippen molar-refractivity contribution >= 4 is 22.3 Å². The van der Waals surface area contributed by atoms with E-state index in [0.29, 0.717) is 45.2 Å². The summed E-state index contributed by atoms with van der Waals surface area (Å²) in [7, 11) is 3.64. The summed E-state index contributed by atoms with van der Waals surface area (Å²) >= 11 is 0. The van der Waals surface area contributed by atoms with Gasteiger partial charge in [-0.3, -0.25) is 14.2 Å². The van der Waals surface area contributed by atoms with Crippen molar-refractivity contribution in [3.63, 3.8) is 0 Å². The average Bonchev–Trinajstić information content (AvgIpc) is 3.49. The van der Waals surface area contributed by atoms with Crippen molar-refractivity contribution in [2.24, 2.45) is 7.05 Å². The Bertz CT molecular complexity index is 2130. The van der Waals surface area contributed by atoms with E-state index in [1.54, 1.807) is 50.2 Å². The van der Waals surface area contributed by atoms with Crippen molar-refractivity contribution in [2.75, 3.05) is 25.5 Å². The van der Waals surface area contributed by atoms with Gasteiger partial charge in [0.25, 0.3) is 11.1 Å². The number of aryl methyl sites for hydroxylation is 1. The second kappa shape index (κ2) is 12.0. The van der Waals surface area contributed by atoms with Gasteiger partial charge in [0.1, 0.15) is 17.3 Å². The Morgan fingerprint density at radius 3 is 2.59 bits per heavy atom. The van der Waals surface area contributed by atoms with E-state index in [0.717, 1.165) is 25.1 Å². The van der Waals surface area contributed by atoms with Crippen LogP contribution in [0, 0.1) is 17.1 Å². The summed E-state index contributed by atoms with van der Waals surface area (Å²) < 4.78 is 17.9. The molecular weight excluding hydrogens is 585 g/mol. The highest BCUT2D eigenvalue weighted by Crippen LogP contribution is 2.31. The van der Waals surface area contributed by atoms with Gasteiger partial charge >= 0.3 is 0 Å². The molecule has 1 aliphatic rings. The molecule has 0 amide bonds. The predicted molar refractivity (Wildman–Crippen MR) is 175 cm³/mol. The third kappa shape index (κ3) is 5.57. The summed E-state index contributed by atoms with van der Waals surface area (Å²) in [6.45, 7) is 4.94. The second-order valence-electron chi connectivity index (χ2n) is 12.3. The zero-order valence-corrected chi connectivity index (χ0v) is 26.1. The van der Waals surface area contributed by atoms with Crippen LogP contribution in [-0.2, 0) is 19.1 Å². The number of hydrogen-bond donors (Lipinski definition) is 2. The number of hydrogen-bond acceptors (Lipinski definition) is 8. The number of nitrogens with zero attached hydrogens (tertiary/aromatic N) is 6. The molecule has 6 rings (SSSR count). The molecule has 0 spiro atoms. The van der Waals surface area contributed by atoms with E-state index >= 15 is 4.39 Å². The fraction of sp³-hybridized carbons (Fsp3) is 0.286. The second-order valence-corrected chi connectivity index (χ2v) is 12.3. The molecule has 46 heavy (non-hydrogen) atoms. The summed E-state index contributed by atoms with van der Waals surface area (Å²) in [6.07, 6.45) is 4.43. The number of pyridine rings is 2. The van der Waals surface area contributed by atoms with Crippen molar-refractivity contribution < 1.29 is 9.50 Å². The summed E-state index contributed by atoms with van der Waals surface area (Å²) in [5.74, 6) is 0.201. The molecule has 3 aromatic heterocycles. The van der Waals surface area contributed by atoms with Crippen LogP contribution in [0.15, 0.2) is 76.6 Å². The van der Waals surface area contributed by atoms with Gasteiger partial charge in [-0.25, -0.2) is 14.1 Å². The Hall–Kier alpha value is -5.18. The maximum Gasteiger partial charge on any atom is 0.290 e. The third-order valence-electron chi connectivity index (χ3n) is 8.78. The molecule has 0 aliphatic carbocycles. The molecule has 1 aliphatic heterocycles. The van der Waals surface area contributed by atoms with Crippen LogP contribution in [0.25, 0.3) is 27.7 Å². The fourth-order valence-corrected chi connectivity index (χ4v) is 6.05. The van der Waals surface area contributed by atoms with Crippen LogP contribution >= 0.6 is 0 Å². The number of likely N-dealkylation sites (tertiary alicyclic amines) is 1. The molecule has 1 fully saturated rings. The van der Waals surface area contributed by atoms with Gasteiger partial charge in [-0.05, 0) is 92.7 Å². The lowest BCUT2D eigenvalue weighted by Crippen LogP contribution is -2.23. The highest BCUT2D eigenvalue weighted by molar-refractivity contribution is 5.84. The van der Waals surface area contributed by atoms with Crippen LogP contribution in [0.5, 0.6) is 0 Å². The van der Waals surface area contributed by atoms with Crippen LogP contribution in [0.3, 0.4) is 0 Å². The van der Waals surface area contributed by atoms with Gasteiger partial charge in [-0.1, -0.05) is 18.2 Å². The zero-order chi connectivity index (χ0) is 32.7. The van der Waals surface area contributed by atoms with Gasteiger partial charge in [0.15, 0.2) is 0 Å². The predicted octanol–water partition coefficient (Wildman–Crippen LogP) is 4.74. The monoisotopic (exact) mass is 619 g/mol. The summed E-state index contributed by atoms with van der Waals surface area (Å²) in [4.78, 5) is 33.6. The lowest BCUT2D eigenvalue weighted by atomic mass is 9.85. The van der Waals surface area contributed by atoms with E-state index in [2.05, 4.69) is 33.4 Å². The van der Waals surface area contributed by atoms with Crippen LogP contribution in [0.1, 0.15) is 42.9 Å². The lowest BCUT2D eigenvalue weighted by molar-refractivity contribution is 0.282. The summed E-state index contributed by atoms with van der Waals surface area (Å²) in [6, 6.07) is 17.2. The number of rotatable bonds is 7. The SMILES string of the molecule is CN1CCC(c2ccc(Nc3cc(-c4cccc(-n5ccc6cc(C(C)(C)C#N)cc(F)c6c5=O)c4CO)nn(C)c3=O)nc2)C1. The Balaban J connectivity index is 1.39. The number of nitrogens with one attached hydrogen (secondary N) is 1. The average molecular weight is 620 g/mol. The molecule has 2 N–H and O–H groups in total. The minimum Gasteiger partial charge on any atom is -0.392 e. The number of fused-ring (bicyclic) bond motifs is 1. The molecule has 1 saturated heterocycles. The van der Waals surface area contributed by atoms with E-state index in [1.807, 2.05) is 18.3 Å². The van der Waals surface area contributed by atoms with Crippen molar-refractivity contribution in [2.45, 2.75) is 38.2 Å². The van der Waals surface area contributed by atoms with Crippen LogP contribution < -0.4 is 16.4 Å². The first-order valence-corrected chi connectivity index (χ1v) is 15.0. The van der Waals surface area contributed by atoms with E-state index < -0.39 is 23.4 Å². The maximum atomic E-state index is 15.4. The number of aliphatic hydroxyl groups is 1. The first-order valence-electron chi connectivity index (χ1n) is 15.0. The minimum atomic E-state index is -0.939. The Morgan fingerprint density at radius 2 is 1.91 bits per heavy atom. The molecule has 1 unspecified atom stereocenters. The lowest BCUT2D eigenvalue weighted by Gasteiger charge is -2.18. The van der Waals surface area contributed by atoms with Gasteiger partial charge < -0.3 is 15.3 Å². The minimum absolute atomic E-state index is 0.125. The Kier molecular flexibility index (Phi) is 8.02. The van der Waals surface area contributed by atoms with E-state index in [-0.39, 0.29) is 16.6 Å². The topological polar surface area (TPSA) is 129 Å². The molecule has 4 heterocycles. The van der Waals surface area contributed by atoms with Gasteiger partial charge in [-0.2, -0.15) is 10.4 Å². The van der Waals surface area contributed by atoms with Crippen molar-refractivity contribution in [1.82, 2.24) is 24.2 Å². The molecule has 0 bridgehead atoms. The molecule has 0 radical (unpaired) electrons. The third-order valence-corrected chi connectivity index (χ3v) is 8.78. The van der Waals surface area contributed by atoms with Crippen LogP contribution in [0.4, 0.5) is 15.9 Å². The summed E-state index contributed by atoms with van der Waals surface area (Å²) in [5, 5.41) is 27.9. The zero-order valence-electron chi connectivity index (χ0n) is 26.1. The molecule has 234 valence electrons. The van der Waals surface area contributed by atoms with Crippen molar-refractivity contribution in [1.29, 1.82) is 5.26 Å². The normalized spacial score (nSPS) is 15.3. The van der Waals surface area contributed by atoms with Gasteiger partial charge in [0.05, 0.1) is 34.9 Å². The number of halogens is 1. The Labute approximate surface area is 265 Å². The largest absolute Gasteiger partial charge is 0.392 e. The summed E-state index contributed by atoms with van der Waals surface area (Å²) in [5.41, 5.74) is 1.52. The first kappa shape index (κ1) is 30.8. The number of aromatic nitrogens is 4. The quantitative estimate of drug-likeness (QED) is 0.267. The van der Waals surface area contributed by atoms with Gasteiger partial charge in [-0.15, -0.1) is 0 Å². The molecule has 5 aromatic rings. The maximum absolute atomic E-state index is 15.4. The Morgan fingerprint density at radius 1 is 1.11 bits per heavy atom. The fourth-order valence-electron chi connectivity index (χ4n) is 6.05. The van der Waals surface area contributed by atoms with Gasteiger partial charge in [0, 0.05) is 37.1 Å². The first-order chi connectivity index (χ1) is 22.0. The van der Waals surface area contributed by atoms with Gasteiger partial charge in [0.2, 0.25) is 0 Å². The highest BCUT2D eigenvalue weighted by atomic mass is 19.1. The molecule has 0 saturated carbocycles. The number of aliphatic hydroxyl groups excluding tert-OH is 1. The number of benzene rings is 2. The molecule has 10 nitrogen and oxygen atoms in total. The molecule has 2 aromatic carbocycles. The number of nitriles is 1. The number of anilines is 2. The standard InChI is InChI=1S/C35H34FN7O3/c1-35(2,20-37)24-14-21-11-13-43(34(46)32(21)27(36)15-24)30-7-5-6-25(26(30)19-44)28-16-29(33(45)42(4)40-28)39-31-9-8-22(17-38-31)23-10-12-41(3)18-23/h5-9,11,13-17,23,44H,10,12,18-19H2,1-4H3,(H,38,39).